The number of methoxy groups -OCH3 is 1. The van der Waals surface area contributed by atoms with E-state index in [-0.39, 0.29) is 11.9 Å². The third-order valence-corrected chi connectivity index (χ3v) is 6.45. The predicted octanol–water partition coefficient (Wildman–Crippen LogP) is 5.69. The summed E-state index contributed by atoms with van der Waals surface area (Å²) in [5.74, 6) is 1.17. The number of thioether (sulfide) groups is 1. The van der Waals surface area contributed by atoms with Crippen molar-refractivity contribution in [2.24, 2.45) is 0 Å². The summed E-state index contributed by atoms with van der Waals surface area (Å²) in [4.78, 5) is 20.3. The molecule has 0 spiro atoms. The highest BCUT2D eigenvalue weighted by molar-refractivity contribution is 8.00. The van der Waals surface area contributed by atoms with Crippen molar-refractivity contribution in [2.45, 2.75) is 31.0 Å². The molecule has 1 aromatic heterocycles. The molecule has 5 nitrogen and oxygen atoms in total. The average Bonchev–Trinajstić information content (AvgIpc) is 2.76. The molecule has 160 valence electrons. The molecule has 4 rings (SSSR count). The summed E-state index contributed by atoms with van der Waals surface area (Å²) >= 11 is 7.71. The minimum atomic E-state index is 0.0191. The van der Waals surface area contributed by atoms with Crippen LogP contribution in [-0.4, -0.2) is 23.8 Å². The van der Waals surface area contributed by atoms with Gasteiger partial charge in [-0.25, -0.2) is 4.98 Å². The molecule has 3 aromatic rings. The van der Waals surface area contributed by atoms with Gasteiger partial charge < -0.3 is 15.0 Å². The van der Waals surface area contributed by atoms with Crippen molar-refractivity contribution in [1.29, 1.82) is 0 Å². The number of nitrogens with zero attached hydrogens (tertiary/aromatic N) is 2. The van der Waals surface area contributed by atoms with Gasteiger partial charge in [0.2, 0.25) is 5.91 Å². The molecule has 1 amide bonds. The van der Waals surface area contributed by atoms with Crippen molar-refractivity contribution in [3.8, 4) is 0 Å². The summed E-state index contributed by atoms with van der Waals surface area (Å²) in [6.45, 7) is 3.13. The smallest absolute Gasteiger partial charge is 0.237 e. The second-order valence-corrected chi connectivity index (χ2v) is 8.90. The van der Waals surface area contributed by atoms with E-state index in [2.05, 4.69) is 41.5 Å². The van der Waals surface area contributed by atoms with Crippen molar-refractivity contribution in [3.05, 3.63) is 82.5 Å². The van der Waals surface area contributed by atoms with Gasteiger partial charge in [0.1, 0.15) is 5.69 Å². The number of ether oxygens (including phenoxy) is 1. The van der Waals surface area contributed by atoms with Gasteiger partial charge in [-0.15, -0.1) is 11.8 Å². The fourth-order valence-corrected chi connectivity index (χ4v) is 4.75. The summed E-state index contributed by atoms with van der Waals surface area (Å²) in [5, 5.41) is 4.17. The fourth-order valence-electron chi connectivity index (χ4n) is 3.60. The lowest BCUT2D eigenvalue weighted by atomic mass is 10.1. The normalized spacial score (nSPS) is 14.3. The Morgan fingerprint density at radius 3 is 2.74 bits per heavy atom. The average molecular weight is 454 g/mol. The molecule has 1 aliphatic heterocycles. The van der Waals surface area contributed by atoms with E-state index in [4.69, 9.17) is 16.3 Å². The molecule has 0 radical (unpaired) electrons. The molecule has 0 saturated heterocycles. The number of fused-ring (bicyclic) bond motifs is 1. The molecule has 1 aliphatic rings. The molecule has 0 unspecified atom stereocenters. The molecule has 0 fully saturated rings. The van der Waals surface area contributed by atoms with Gasteiger partial charge in [0.15, 0.2) is 5.82 Å². The van der Waals surface area contributed by atoms with Gasteiger partial charge in [0.25, 0.3) is 0 Å². The number of carbonyl (C=O) groups is 1. The molecule has 1 atom stereocenters. The Morgan fingerprint density at radius 1 is 1.19 bits per heavy atom. The van der Waals surface area contributed by atoms with E-state index in [1.807, 2.05) is 30.3 Å². The zero-order valence-electron chi connectivity index (χ0n) is 17.5. The summed E-state index contributed by atoms with van der Waals surface area (Å²) < 4.78 is 5.19. The van der Waals surface area contributed by atoms with Crippen LogP contribution in [0.1, 0.15) is 29.7 Å². The summed E-state index contributed by atoms with van der Waals surface area (Å²) in [6.07, 6.45) is 1.79. The van der Waals surface area contributed by atoms with Crippen LogP contribution in [0.2, 0.25) is 5.02 Å². The summed E-state index contributed by atoms with van der Waals surface area (Å²) in [5.41, 5.74) is 4.07. The standard InChI is InChI=1S/C24H24ClN3O2S/c1-16(19-8-6-17(7-9-19)14-30-2)27-24-23-21(10-11-26-24)31-15-22(29)28(23)13-18-4-3-5-20(25)12-18/h3-12,16H,13-15H2,1-2H3,(H,26,27)/t16-/m0/s1. The number of nitrogens with one attached hydrogen (secondary N) is 1. The Balaban J connectivity index is 1.61. The van der Waals surface area contributed by atoms with Crippen molar-refractivity contribution < 1.29 is 9.53 Å². The van der Waals surface area contributed by atoms with E-state index in [1.165, 1.54) is 0 Å². The van der Waals surface area contributed by atoms with Gasteiger partial charge in [0.05, 0.1) is 24.9 Å². The molecule has 1 N–H and O–H groups in total. The number of rotatable bonds is 7. The van der Waals surface area contributed by atoms with E-state index in [0.717, 1.165) is 27.3 Å². The lowest BCUT2D eigenvalue weighted by molar-refractivity contribution is -0.116. The number of hydrogen-bond acceptors (Lipinski definition) is 5. The maximum Gasteiger partial charge on any atom is 0.237 e. The topological polar surface area (TPSA) is 54.5 Å². The first kappa shape index (κ1) is 21.7. The first-order valence-corrected chi connectivity index (χ1v) is 11.4. The number of anilines is 2. The Morgan fingerprint density at radius 2 is 2.00 bits per heavy atom. The number of carbonyl (C=O) groups excluding carboxylic acids is 1. The van der Waals surface area contributed by atoms with Crippen LogP contribution in [0.25, 0.3) is 0 Å². The van der Waals surface area contributed by atoms with Crippen LogP contribution in [0.4, 0.5) is 11.5 Å². The summed E-state index contributed by atoms with van der Waals surface area (Å²) in [7, 11) is 1.69. The molecular formula is C24H24ClN3O2S. The van der Waals surface area contributed by atoms with Crippen molar-refractivity contribution >= 4 is 40.8 Å². The Kier molecular flexibility index (Phi) is 6.80. The highest BCUT2D eigenvalue weighted by atomic mass is 35.5. The molecule has 2 heterocycles. The van der Waals surface area contributed by atoms with E-state index in [9.17, 15) is 4.79 Å². The number of hydrogen-bond donors (Lipinski definition) is 1. The summed E-state index contributed by atoms with van der Waals surface area (Å²) in [6, 6.07) is 17.9. The Hall–Kier alpha value is -2.54. The van der Waals surface area contributed by atoms with Crippen LogP contribution in [0, 0.1) is 0 Å². The second kappa shape index (κ2) is 9.73. The molecular weight excluding hydrogens is 430 g/mol. The molecule has 0 bridgehead atoms. The van der Waals surface area contributed by atoms with Crippen LogP contribution in [0.5, 0.6) is 0 Å². The third-order valence-electron chi connectivity index (χ3n) is 5.18. The van der Waals surface area contributed by atoms with E-state index in [1.54, 1.807) is 30.0 Å². The van der Waals surface area contributed by atoms with Gasteiger partial charge in [-0.3, -0.25) is 4.79 Å². The molecule has 31 heavy (non-hydrogen) atoms. The van der Waals surface area contributed by atoms with Gasteiger partial charge in [-0.1, -0.05) is 48.0 Å². The minimum absolute atomic E-state index is 0.0191. The second-order valence-electron chi connectivity index (χ2n) is 7.45. The fraction of sp³-hybridized carbons (Fsp3) is 0.250. The van der Waals surface area contributed by atoms with E-state index in [0.29, 0.717) is 29.7 Å². The monoisotopic (exact) mass is 453 g/mol. The van der Waals surface area contributed by atoms with Crippen LogP contribution >= 0.6 is 23.4 Å². The largest absolute Gasteiger partial charge is 0.380 e. The maximum absolute atomic E-state index is 12.9. The minimum Gasteiger partial charge on any atom is -0.380 e. The number of amides is 1. The van der Waals surface area contributed by atoms with Crippen LogP contribution in [0.15, 0.2) is 65.7 Å². The van der Waals surface area contributed by atoms with Gasteiger partial charge in [-0.05, 0) is 41.8 Å². The zero-order valence-corrected chi connectivity index (χ0v) is 19.0. The van der Waals surface area contributed by atoms with Gasteiger partial charge in [0, 0.05) is 23.2 Å². The van der Waals surface area contributed by atoms with Gasteiger partial charge >= 0.3 is 0 Å². The van der Waals surface area contributed by atoms with Crippen LogP contribution < -0.4 is 10.2 Å². The first-order valence-electron chi connectivity index (χ1n) is 10.1. The first-order chi connectivity index (χ1) is 15.0. The maximum atomic E-state index is 12.9. The van der Waals surface area contributed by atoms with Crippen molar-refractivity contribution in [1.82, 2.24) is 4.98 Å². The lowest BCUT2D eigenvalue weighted by Gasteiger charge is -2.31. The van der Waals surface area contributed by atoms with E-state index >= 15 is 0 Å². The van der Waals surface area contributed by atoms with Crippen LogP contribution in [0.3, 0.4) is 0 Å². The van der Waals surface area contributed by atoms with Crippen molar-refractivity contribution in [3.63, 3.8) is 0 Å². The zero-order chi connectivity index (χ0) is 21.8. The molecule has 7 heteroatoms. The quantitative estimate of drug-likeness (QED) is 0.497. The SMILES string of the molecule is COCc1ccc([C@H](C)Nc2nccc3c2N(Cc2cccc(Cl)c2)C(=O)CS3)cc1. The number of halogens is 1. The number of aromatic nitrogens is 1. The Labute approximate surface area is 191 Å². The Bertz CT molecular complexity index is 1070. The highest BCUT2D eigenvalue weighted by Crippen LogP contribution is 2.41. The predicted molar refractivity (Wildman–Crippen MR) is 127 cm³/mol. The molecule has 0 aliphatic carbocycles. The molecule has 0 saturated carbocycles. The number of benzene rings is 2. The molecule has 2 aromatic carbocycles. The van der Waals surface area contributed by atoms with E-state index < -0.39 is 0 Å². The lowest BCUT2D eigenvalue weighted by Crippen LogP contribution is -2.35. The highest BCUT2D eigenvalue weighted by Gasteiger charge is 2.29. The third kappa shape index (κ3) is 5.03. The van der Waals surface area contributed by atoms with Gasteiger partial charge in [-0.2, -0.15) is 0 Å². The van der Waals surface area contributed by atoms with Crippen LogP contribution in [-0.2, 0) is 22.7 Å². The van der Waals surface area contributed by atoms with Crippen molar-refractivity contribution in [2.75, 3.05) is 23.1 Å². The number of pyridine rings is 1.